The molecule has 0 radical (unpaired) electrons. The number of nitriles is 1. The Morgan fingerprint density at radius 2 is 2.38 bits per heavy atom. The number of esters is 1. The molecule has 0 unspecified atom stereocenters. The van der Waals surface area contributed by atoms with Crippen molar-refractivity contribution >= 4 is 17.3 Å². The Bertz CT molecular complexity index is 349. The molecule has 0 saturated heterocycles. The molecule has 3 nitrogen and oxygen atoms in total. The number of nitrogens with zero attached hydrogens (tertiary/aromatic N) is 1. The van der Waals surface area contributed by atoms with Crippen LogP contribution in [0.25, 0.3) is 0 Å². The molecule has 0 aliphatic carbocycles. The largest absolute Gasteiger partial charge is 0.459 e. The van der Waals surface area contributed by atoms with Crippen molar-refractivity contribution < 1.29 is 9.53 Å². The molecule has 4 heteroatoms. The minimum absolute atomic E-state index is 0.152. The maximum Gasteiger partial charge on any atom is 0.349 e. The molecular weight excluding hydrogens is 186 g/mol. The SMILES string of the molecule is CC(C)OC(=O)c1sccc1C#N. The maximum atomic E-state index is 11.3. The number of carbonyl (C=O) groups is 1. The van der Waals surface area contributed by atoms with E-state index < -0.39 is 5.97 Å². The lowest BCUT2D eigenvalue weighted by molar-refractivity contribution is 0.0383. The first kappa shape index (κ1) is 9.75. The molecule has 13 heavy (non-hydrogen) atoms. The highest BCUT2D eigenvalue weighted by Gasteiger charge is 2.15. The van der Waals surface area contributed by atoms with Crippen molar-refractivity contribution in [2.75, 3.05) is 0 Å². The molecule has 0 N–H and O–H groups in total. The van der Waals surface area contributed by atoms with E-state index >= 15 is 0 Å². The van der Waals surface area contributed by atoms with Crippen molar-refractivity contribution in [1.82, 2.24) is 0 Å². The fourth-order valence-corrected chi connectivity index (χ4v) is 1.55. The van der Waals surface area contributed by atoms with Gasteiger partial charge in [0, 0.05) is 0 Å². The summed E-state index contributed by atoms with van der Waals surface area (Å²) in [5.41, 5.74) is 0.385. The molecule has 0 bridgehead atoms. The predicted octanol–water partition coefficient (Wildman–Crippen LogP) is 2.18. The molecule has 0 fully saturated rings. The topological polar surface area (TPSA) is 50.1 Å². The summed E-state index contributed by atoms with van der Waals surface area (Å²) in [6.45, 7) is 3.55. The predicted molar refractivity (Wildman–Crippen MR) is 49.6 cm³/mol. The van der Waals surface area contributed by atoms with Crippen molar-refractivity contribution in [1.29, 1.82) is 5.26 Å². The van der Waals surface area contributed by atoms with Gasteiger partial charge in [-0.05, 0) is 25.3 Å². The third-order valence-electron chi connectivity index (χ3n) is 1.31. The fraction of sp³-hybridized carbons (Fsp3) is 0.333. The van der Waals surface area contributed by atoms with Gasteiger partial charge in [-0.15, -0.1) is 11.3 Å². The first-order chi connectivity index (χ1) is 6.15. The van der Waals surface area contributed by atoms with Crippen molar-refractivity contribution in [3.8, 4) is 6.07 Å². The van der Waals surface area contributed by atoms with E-state index in [1.54, 1.807) is 25.3 Å². The lowest BCUT2D eigenvalue weighted by Gasteiger charge is -2.05. The van der Waals surface area contributed by atoms with Gasteiger partial charge < -0.3 is 4.74 Å². The van der Waals surface area contributed by atoms with Crippen molar-refractivity contribution in [2.24, 2.45) is 0 Å². The summed E-state index contributed by atoms with van der Waals surface area (Å²) in [5.74, 6) is -0.415. The molecule has 1 rings (SSSR count). The van der Waals surface area contributed by atoms with E-state index in [9.17, 15) is 4.79 Å². The summed E-state index contributed by atoms with van der Waals surface area (Å²) < 4.78 is 4.96. The van der Waals surface area contributed by atoms with Gasteiger partial charge in [0.15, 0.2) is 0 Å². The van der Waals surface area contributed by atoms with Gasteiger partial charge in [0.1, 0.15) is 10.9 Å². The molecule has 0 aliphatic heterocycles. The lowest BCUT2D eigenvalue weighted by Crippen LogP contribution is -2.11. The number of carbonyl (C=O) groups excluding carboxylic acids is 1. The van der Waals surface area contributed by atoms with E-state index in [4.69, 9.17) is 10.00 Å². The lowest BCUT2D eigenvalue weighted by atomic mass is 10.3. The molecule has 0 aromatic carbocycles. The van der Waals surface area contributed by atoms with Gasteiger partial charge in [-0.1, -0.05) is 0 Å². The zero-order valence-electron chi connectivity index (χ0n) is 7.40. The minimum Gasteiger partial charge on any atom is -0.459 e. The Morgan fingerprint density at radius 1 is 1.69 bits per heavy atom. The van der Waals surface area contributed by atoms with Crippen LogP contribution in [-0.4, -0.2) is 12.1 Å². The first-order valence-corrected chi connectivity index (χ1v) is 4.71. The normalized spacial score (nSPS) is 9.69. The molecule has 0 aliphatic rings. The summed E-state index contributed by atoms with van der Waals surface area (Å²) in [6.07, 6.45) is -0.152. The smallest absolute Gasteiger partial charge is 0.349 e. The van der Waals surface area contributed by atoms with Gasteiger partial charge in [0.05, 0.1) is 11.7 Å². The Balaban J connectivity index is 2.84. The second-order valence-electron chi connectivity index (χ2n) is 2.73. The average Bonchev–Trinajstić information content (AvgIpc) is 2.49. The van der Waals surface area contributed by atoms with E-state index in [0.717, 1.165) is 0 Å². The van der Waals surface area contributed by atoms with E-state index in [1.807, 2.05) is 6.07 Å². The molecule has 1 heterocycles. The summed E-state index contributed by atoms with van der Waals surface area (Å²) in [7, 11) is 0. The second kappa shape index (κ2) is 4.06. The number of ether oxygens (including phenoxy) is 1. The van der Waals surface area contributed by atoms with Gasteiger partial charge >= 0.3 is 5.97 Å². The first-order valence-electron chi connectivity index (χ1n) is 3.83. The molecule has 0 amide bonds. The Morgan fingerprint density at radius 3 is 2.92 bits per heavy atom. The second-order valence-corrected chi connectivity index (χ2v) is 3.65. The van der Waals surface area contributed by atoms with E-state index in [0.29, 0.717) is 10.4 Å². The highest BCUT2D eigenvalue weighted by Crippen LogP contribution is 2.17. The van der Waals surface area contributed by atoms with Gasteiger partial charge in [0.2, 0.25) is 0 Å². The molecule has 0 spiro atoms. The molecule has 0 saturated carbocycles. The van der Waals surface area contributed by atoms with Crippen LogP contribution in [0.5, 0.6) is 0 Å². The number of hydrogen-bond donors (Lipinski definition) is 0. The monoisotopic (exact) mass is 195 g/mol. The molecule has 1 aromatic rings. The number of thiophene rings is 1. The zero-order chi connectivity index (χ0) is 9.84. The molecular formula is C9H9NO2S. The van der Waals surface area contributed by atoms with Crippen molar-refractivity contribution in [3.63, 3.8) is 0 Å². The van der Waals surface area contributed by atoms with Crippen LogP contribution in [0.3, 0.4) is 0 Å². The van der Waals surface area contributed by atoms with Crippen LogP contribution in [0, 0.1) is 11.3 Å². The summed E-state index contributed by atoms with van der Waals surface area (Å²) >= 11 is 1.23. The van der Waals surface area contributed by atoms with Crippen LogP contribution in [0.2, 0.25) is 0 Å². The van der Waals surface area contributed by atoms with Gasteiger partial charge in [-0.2, -0.15) is 5.26 Å². The highest BCUT2D eigenvalue weighted by molar-refractivity contribution is 7.12. The number of rotatable bonds is 2. The van der Waals surface area contributed by atoms with Crippen molar-refractivity contribution in [2.45, 2.75) is 20.0 Å². The standard InChI is InChI=1S/C9H9NO2S/c1-6(2)12-9(11)8-7(5-10)3-4-13-8/h3-4,6H,1-2H3. The summed E-state index contributed by atoms with van der Waals surface area (Å²) in [6, 6.07) is 3.55. The molecule has 68 valence electrons. The Hall–Kier alpha value is -1.34. The summed E-state index contributed by atoms with van der Waals surface area (Å²) in [4.78, 5) is 11.7. The Labute approximate surface area is 80.6 Å². The van der Waals surface area contributed by atoms with Crippen LogP contribution in [0.1, 0.15) is 29.1 Å². The number of hydrogen-bond acceptors (Lipinski definition) is 4. The maximum absolute atomic E-state index is 11.3. The quantitative estimate of drug-likeness (QED) is 0.679. The minimum atomic E-state index is -0.415. The van der Waals surface area contributed by atoms with E-state index in [-0.39, 0.29) is 6.10 Å². The van der Waals surface area contributed by atoms with Gasteiger partial charge in [-0.25, -0.2) is 4.79 Å². The van der Waals surface area contributed by atoms with E-state index in [1.165, 1.54) is 11.3 Å². The van der Waals surface area contributed by atoms with E-state index in [2.05, 4.69) is 0 Å². The fourth-order valence-electron chi connectivity index (χ4n) is 0.823. The zero-order valence-corrected chi connectivity index (χ0v) is 8.22. The molecule has 1 aromatic heterocycles. The van der Waals surface area contributed by atoms with Gasteiger partial charge in [0.25, 0.3) is 0 Å². The van der Waals surface area contributed by atoms with Crippen LogP contribution >= 0.6 is 11.3 Å². The third kappa shape index (κ3) is 2.30. The van der Waals surface area contributed by atoms with Crippen LogP contribution < -0.4 is 0 Å². The third-order valence-corrected chi connectivity index (χ3v) is 2.21. The van der Waals surface area contributed by atoms with Crippen LogP contribution in [-0.2, 0) is 4.74 Å². The van der Waals surface area contributed by atoms with Crippen LogP contribution in [0.4, 0.5) is 0 Å². The highest BCUT2D eigenvalue weighted by atomic mass is 32.1. The van der Waals surface area contributed by atoms with Gasteiger partial charge in [-0.3, -0.25) is 0 Å². The van der Waals surface area contributed by atoms with Crippen molar-refractivity contribution in [3.05, 3.63) is 21.9 Å². The summed E-state index contributed by atoms with van der Waals surface area (Å²) in [5, 5.41) is 10.3. The molecule has 0 atom stereocenters. The van der Waals surface area contributed by atoms with Crippen LogP contribution in [0.15, 0.2) is 11.4 Å². The Kier molecular flexibility index (Phi) is 3.04. The average molecular weight is 195 g/mol.